The second kappa shape index (κ2) is 8.71. The molecule has 34 heavy (non-hydrogen) atoms. The number of anilines is 2. The molecule has 0 spiro atoms. The van der Waals surface area contributed by atoms with Gasteiger partial charge < -0.3 is 19.5 Å². The van der Waals surface area contributed by atoms with Crippen LogP contribution in [0.4, 0.5) is 11.4 Å². The smallest absolute Gasteiger partial charge is 0.339 e. The molecule has 1 amide bonds. The van der Waals surface area contributed by atoms with Gasteiger partial charge in [0.1, 0.15) is 19.3 Å². The maximum atomic E-state index is 12.8. The van der Waals surface area contributed by atoms with Crippen molar-refractivity contribution in [2.75, 3.05) is 23.3 Å². The molecule has 0 aliphatic carbocycles. The molecular formula is C24H20N2O7S. The number of ether oxygens (including phenoxy) is 3. The Morgan fingerprint density at radius 1 is 0.912 bits per heavy atom. The Kier molecular flexibility index (Phi) is 5.58. The first-order valence-corrected chi connectivity index (χ1v) is 12.0. The highest BCUT2D eigenvalue weighted by atomic mass is 32.2. The van der Waals surface area contributed by atoms with Gasteiger partial charge in [0.2, 0.25) is 5.91 Å². The van der Waals surface area contributed by atoms with E-state index in [0.29, 0.717) is 47.2 Å². The third-order valence-electron chi connectivity index (χ3n) is 5.39. The zero-order valence-electron chi connectivity index (χ0n) is 17.8. The van der Waals surface area contributed by atoms with Gasteiger partial charge in [0, 0.05) is 23.0 Å². The standard InChI is InChI=1S/C24H20N2O7S/c27-23(14-21-18-3-1-2-4-19(18)24(28)33-21)25-15-5-7-16(8-6-15)26-34(29,30)17-9-10-20-22(13-17)32-12-11-31-20/h1-10,13,21,26H,11-12,14H2,(H,25,27)/t21-/m1/s1. The number of carbonyl (C=O) groups is 2. The molecule has 3 aromatic carbocycles. The third-order valence-corrected chi connectivity index (χ3v) is 6.77. The van der Waals surface area contributed by atoms with E-state index in [-0.39, 0.29) is 17.2 Å². The summed E-state index contributed by atoms with van der Waals surface area (Å²) in [5, 5.41) is 2.73. The van der Waals surface area contributed by atoms with Gasteiger partial charge in [-0.3, -0.25) is 9.52 Å². The first kappa shape index (κ1) is 21.8. The summed E-state index contributed by atoms with van der Waals surface area (Å²) in [5.74, 6) is 0.103. The molecule has 174 valence electrons. The summed E-state index contributed by atoms with van der Waals surface area (Å²) < 4.78 is 44.2. The number of fused-ring (bicyclic) bond motifs is 2. The fourth-order valence-corrected chi connectivity index (χ4v) is 4.85. The van der Waals surface area contributed by atoms with Crippen LogP contribution < -0.4 is 19.5 Å². The normalized spacial score (nSPS) is 16.4. The summed E-state index contributed by atoms with van der Waals surface area (Å²) in [6.07, 6.45) is -0.665. The second-order valence-electron chi connectivity index (χ2n) is 7.72. The van der Waals surface area contributed by atoms with Gasteiger partial charge in [0.25, 0.3) is 10.0 Å². The molecule has 0 radical (unpaired) electrons. The Morgan fingerprint density at radius 3 is 2.41 bits per heavy atom. The van der Waals surface area contributed by atoms with Crippen LogP contribution in [-0.4, -0.2) is 33.5 Å². The fraction of sp³-hybridized carbons (Fsp3) is 0.167. The van der Waals surface area contributed by atoms with Crippen molar-refractivity contribution in [1.82, 2.24) is 0 Å². The lowest BCUT2D eigenvalue weighted by Gasteiger charge is -2.19. The largest absolute Gasteiger partial charge is 0.486 e. The average molecular weight is 480 g/mol. The van der Waals surface area contributed by atoms with Crippen LogP contribution in [-0.2, 0) is 19.6 Å². The van der Waals surface area contributed by atoms with E-state index in [1.54, 1.807) is 42.5 Å². The molecule has 9 nitrogen and oxygen atoms in total. The summed E-state index contributed by atoms with van der Waals surface area (Å²) in [5.41, 5.74) is 1.96. The van der Waals surface area contributed by atoms with Crippen molar-refractivity contribution in [2.24, 2.45) is 0 Å². The monoisotopic (exact) mass is 480 g/mol. The van der Waals surface area contributed by atoms with Crippen molar-refractivity contribution in [3.63, 3.8) is 0 Å². The van der Waals surface area contributed by atoms with Gasteiger partial charge in [0.15, 0.2) is 11.5 Å². The van der Waals surface area contributed by atoms with E-state index < -0.39 is 22.1 Å². The molecule has 3 aromatic rings. The molecule has 0 fully saturated rings. The van der Waals surface area contributed by atoms with Gasteiger partial charge in [-0.05, 0) is 42.5 Å². The van der Waals surface area contributed by atoms with Crippen LogP contribution in [0, 0.1) is 0 Å². The number of rotatable bonds is 6. The molecule has 2 heterocycles. The molecule has 10 heteroatoms. The second-order valence-corrected chi connectivity index (χ2v) is 9.40. The quantitative estimate of drug-likeness (QED) is 0.518. The molecular weight excluding hydrogens is 460 g/mol. The Labute approximate surface area is 195 Å². The molecule has 1 atom stereocenters. The predicted molar refractivity (Wildman–Crippen MR) is 123 cm³/mol. The molecule has 2 aliphatic heterocycles. The fourth-order valence-electron chi connectivity index (χ4n) is 3.78. The van der Waals surface area contributed by atoms with Crippen molar-refractivity contribution in [3.05, 3.63) is 77.9 Å². The van der Waals surface area contributed by atoms with Crippen molar-refractivity contribution < 1.29 is 32.2 Å². The molecule has 0 saturated heterocycles. The third kappa shape index (κ3) is 4.40. The van der Waals surface area contributed by atoms with Gasteiger partial charge in [0.05, 0.1) is 16.9 Å². The van der Waals surface area contributed by atoms with Crippen molar-refractivity contribution >= 4 is 33.3 Å². The summed E-state index contributed by atoms with van der Waals surface area (Å²) in [7, 11) is -3.85. The number of benzene rings is 3. The lowest BCUT2D eigenvalue weighted by Crippen LogP contribution is -2.17. The zero-order valence-corrected chi connectivity index (χ0v) is 18.6. The van der Waals surface area contributed by atoms with Crippen LogP contribution in [0.5, 0.6) is 11.5 Å². The van der Waals surface area contributed by atoms with Gasteiger partial charge in [-0.1, -0.05) is 18.2 Å². The summed E-state index contributed by atoms with van der Waals surface area (Å²) in [6.45, 7) is 0.770. The molecule has 2 aliphatic rings. The lowest BCUT2D eigenvalue weighted by atomic mass is 10.0. The molecule has 5 rings (SSSR count). The van der Waals surface area contributed by atoms with Crippen LogP contribution in [0.3, 0.4) is 0 Å². The molecule has 0 saturated carbocycles. The summed E-state index contributed by atoms with van der Waals surface area (Å²) in [6, 6.07) is 17.6. The van der Waals surface area contributed by atoms with Crippen LogP contribution in [0.2, 0.25) is 0 Å². The average Bonchev–Trinajstić information content (AvgIpc) is 3.15. The van der Waals surface area contributed by atoms with Crippen molar-refractivity contribution in [1.29, 1.82) is 0 Å². The van der Waals surface area contributed by atoms with E-state index in [4.69, 9.17) is 14.2 Å². The van der Waals surface area contributed by atoms with Gasteiger partial charge >= 0.3 is 5.97 Å². The van der Waals surface area contributed by atoms with E-state index in [1.165, 1.54) is 24.3 Å². The SMILES string of the molecule is O=C(C[C@H]1OC(=O)c2ccccc21)Nc1ccc(NS(=O)(=O)c2ccc3c(c2)OCCO3)cc1. The molecule has 2 N–H and O–H groups in total. The van der Waals surface area contributed by atoms with E-state index >= 15 is 0 Å². The minimum atomic E-state index is -3.85. The lowest BCUT2D eigenvalue weighted by molar-refractivity contribution is -0.118. The Hall–Kier alpha value is -4.05. The van der Waals surface area contributed by atoms with Crippen molar-refractivity contribution in [2.45, 2.75) is 17.4 Å². The van der Waals surface area contributed by atoms with E-state index in [0.717, 1.165) is 0 Å². The molecule has 0 unspecified atom stereocenters. The number of sulfonamides is 1. The predicted octanol–water partition coefficient (Wildman–Crippen LogP) is 3.50. The van der Waals surface area contributed by atoms with Gasteiger partial charge in [-0.25, -0.2) is 13.2 Å². The summed E-state index contributed by atoms with van der Waals surface area (Å²) >= 11 is 0. The summed E-state index contributed by atoms with van der Waals surface area (Å²) in [4.78, 5) is 24.4. The molecule has 0 bridgehead atoms. The van der Waals surface area contributed by atoms with E-state index in [9.17, 15) is 18.0 Å². The Balaban J connectivity index is 1.22. The van der Waals surface area contributed by atoms with Crippen LogP contribution in [0.15, 0.2) is 71.6 Å². The number of hydrogen-bond acceptors (Lipinski definition) is 7. The highest BCUT2D eigenvalue weighted by molar-refractivity contribution is 7.92. The zero-order chi connectivity index (χ0) is 23.7. The first-order chi connectivity index (χ1) is 16.4. The van der Waals surface area contributed by atoms with Crippen molar-refractivity contribution in [3.8, 4) is 11.5 Å². The van der Waals surface area contributed by atoms with Crippen LogP contribution in [0.25, 0.3) is 0 Å². The van der Waals surface area contributed by atoms with E-state index in [1.807, 2.05) is 0 Å². The van der Waals surface area contributed by atoms with Crippen LogP contribution in [0.1, 0.15) is 28.4 Å². The number of amides is 1. The highest BCUT2D eigenvalue weighted by Gasteiger charge is 2.32. The number of nitrogens with one attached hydrogen (secondary N) is 2. The van der Waals surface area contributed by atoms with Gasteiger partial charge in [-0.15, -0.1) is 0 Å². The number of esters is 1. The van der Waals surface area contributed by atoms with Crippen LogP contribution >= 0.6 is 0 Å². The minimum Gasteiger partial charge on any atom is -0.486 e. The Bertz CT molecular complexity index is 1370. The maximum Gasteiger partial charge on any atom is 0.339 e. The highest BCUT2D eigenvalue weighted by Crippen LogP contribution is 2.34. The number of cyclic esters (lactones) is 1. The number of hydrogen-bond donors (Lipinski definition) is 2. The minimum absolute atomic E-state index is 0.0265. The maximum absolute atomic E-state index is 12.8. The Morgan fingerprint density at radius 2 is 1.62 bits per heavy atom. The molecule has 0 aromatic heterocycles. The topological polar surface area (TPSA) is 120 Å². The number of carbonyl (C=O) groups excluding carboxylic acids is 2. The first-order valence-electron chi connectivity index (χ1n) is 10.5. The van der Waals surface area contributed by atoms with E-state index in [2.05, 4.69) is 10.0 Å². The van der Waals surface area contributed by atoms with Gasteiger partial charge in [-0.2, -0.15) is 0 Å².